The van der Waals surface area contributed by atoms with E-state index in [0.29, 0.717) is 18.7 Å². The number of carbonyl (C=O) groups excluding carboxylic acids is 1. The molecule has 1 aliphatic rings. The Hall–Kier alpha value is -2.80. The number of hydrogen-bond acceptors (Lipinski definition) is 5. The van der Waals surface area contributed by atoms with Gasteiger partial charge in [0.1, 0.15) is 11.5 Å². The van der Waals surface area contributed by atoms with E-state index in [1.54, 1.807) is 17.0 Å². The highest BCUT2D eigenvalue weighted by Crippen LogP contribution is 2.34. The number of benzene rings is 2. The number of thioether (sulfide) groups is 1. The normalized spacial score (nSPS) is 14.1. The molecule has 0 spiro atoms. The monoisotopic (exact) mass is 453 g/mol. The van der Waals surface area contributed by atoms with Gasteiger partial charge in [-0.1, -0.05) is 55.4 Å². The van der Waals surface area contributed by atoms with E-state index in [4.69, 9.17) is 4.52 Å². The van der Waals surface area contributed by atoms with Gasteiger partial charge in [-0.2, -0.15) is 11.8 Å². The van der Waals surface area contributed by atoms with Crippen molar-refractivity contribution in [3.63, 3.8) is 0 Å². The third-order valence-electron chi connectivity index (χ3n) is 5.41. The number of nitrogens with zero attached hydrogens (tertiary/aromatic N) is 3. The lowest BCUT2D eigenvalue weighted by Gasteiger charge is -2.29. The molecule has 0 unspecified atom stereocenters. The van der Waals surface area contributed by atoms with Crippen LogP contribution in [0, 0.1) is 11.7 Å². The molecular weight excluding hydrogens is 425 g/mol. The molecule has 2 aromatic carbocycles. The Morgan fingerprint density at radius 3 is 2.59 bits per heavy atom. The van der Waals surface area contributed by atoms with Crippen molar-refractivity contribution in [3.05, 3.63) is 71.5 Å². The van der Waals surface area contributed by atoms with E-state index in [9.17, 15) is 9.18 Å². The number of amides is 1. The summed E-state index contributed by atoms with van der Waals surface area (Å²) in [6.45, 7) is 6.79. The van der Waals surface area contributed by atoms with Gasteiger partial charge in [0, 0.05) is 42.3 Å². The van der Waals surface area contributed by atoms with Crippen molar-refractivity contribution in [1.82, 2.24) is 10.1 Å². The molecule has 4 rings (SSSR count). The van der Waals surface area contributed by atoms with Crippen molar-refractivity contribution in [2.24, 2.45) is 5.92 Å². The molecule has 1 fully saturated rings. The maximum atomic E-state index is 13.8. The van der Waals surface area contributed by atoms with E-state index >= 15 is 0 Å². The van der Waals surface area contributed by atoms with Crippen LogP contribution in [-0.4, -0.2) is 47.1 Å². The molecular formula is C25H28FN3O2S. The van der Waals surface area contributed by atoms with Crippen LogP contribution < -0.4 is 4.90 Å². The van der Waals surface area contributed by atoms with E-state index in [0.717, 1.165) is 47.3 Å². The summed E-state index contributed by atoms with van der Waals surface area (Å²) in [5.41, 5.74) is 2.94. The van der Waals surface area contributed by atoms with Crippen LogP contribution in [0.15, 0.2) is 59.1 Å². The lowest BCUT2D eigenvalue weighted by atomic mass is 10.1. The molecule has 0 aliphatic carbocycles. The minimum Gasteiger partial charge on any atom is -0.339 e. The zero-order valence-electron chi connectivity index (χ0n) is 18.5. The second-order valence-electron chi connectivity index (χ2n) is 8.37. The number of rotatable bonds is 7. The van der Waals surface area contributed by atoms with E-state index < -0.39 is 5.82 Å². The van der Waals surface area contributed by atoms with Gasteiger partial charge in [0.15, 0.2) is 0 Å². The lowest BCUT2D eigenvalue weighted by molar-refractivity contribution is 0.0722. The van der Waals surface area contributed by atoms with Gasteiger partial charge in [-0.25, -0.2) is 4.39 Å². The molecule has 168 valence electrons. The quantitative estimate of drug-likeness (QED) is 0.484. The van der Waals surface area contributed by atoms with Crippen LogP contribution in [0.1, 0.15) is 29.8 Å². The molecule has 0 saturated carbocycles. The summed E-state index contributed by atoms with van der Waals surface area (Å²) in [5.74, 6) is 2.42. The SMILES string of the molecule is CC(C)CN(Cc1c(-c2ccccc2)noc1N1CCSCC1)C(=O)c1cccc(F)c1. The summed E-state index contributed by atoms with van der Waals surface area (Å²) in [4.78, 5) is 17.4. The number of halogens is 1. The van der Waals surface area contributed by atoms with Crippen molar-refractivity contribution in [2.75, 3.05) is 36.0 Å². The van der Waals surface area contributed by atoms with Crippen LogP contribution in [-0.2, 0) is 6.54 Å². The summed E-state index contributed by atoms with van der Waals surface area (Å²) < 4.78 is 19.7. The summed E-state index contributed by atoms with van der Waals surface area (Å²) in [6.07, 6.45) is 0. The standard InChI is InChI=1S/C25H28FN3O2S/c1-18(2)16-29(24(30)20-9-6-10-21(26)15-20)17-22-23(19-7-4-3-5-8-19)27-31-25(22)28-11-13-32-14-12-28/h3-10,15,18H,11-14,16-17H2,1-2H3. The molecule has 0 N–H and O–H groups in total. The topological polar surface area (TPSA) is 49.6 Å². The Kier molecular flexibility index (Phi) is 7.15. The van der Waals surface area contributed by atoms with Crippen LogP contribution in [0.2, 0.25) is 0 Å². The second kappa shape index (κ2) is 10.2. The maximum Gasteiger partial charge on any atom is 0.254 e. The minimum absolute atomic E-state index is 0.196. The van der Waals surface area contributed by atoms with Crippen LogP contribution in [0.3, 0.4) is 0 Å². The van der Waals surface area contributed by atoms with Crippen molar-refractivity contribution in [3.8, 4) is 11.3 Å². The van der Waals surface area contributed by atoms with Gasteiger partial charge in [0.25, 0.3) is 5.91 Å². The van der Waals surface area contributed by atoms with Crippen LogP contribution >= 0.6 is 11.8 Å². The molecule has 32 heavy (non-hydrogen) atoms. The van der Waals surface area contributed by atoms with Crippen LogP contribution in [0.5, 0.6) is 0 Å². The minimum atomic E-state index is -0.415. The lowest BCUT2D eigenvalue weighted by Crippen LogP contribution is -2.36. The zero-order chi connectivity index (χ0) is 22.5. The van der Waals surface area contributed by atoms with Gasteiger partial charge in [-0.3, -0.25) is 4.79 Å². The Labute approximate surface area is 192 Å². The zero-order valence-corrected chi connectivity index (χ0v) is 19.3. The predicted octanol–water partition coefficient (Wildman–Crippen LogP) is 5.33. The van der Waals surface area contributed by atoms with Crippen molar-refractivity contribution >= 4 is 23.6 Å². The molecule has 1 aromatic heterocycles. The number of aromatic nitrogens is 1. The molecule has 2 heterocycles. The Bertz CT molecular complexity index is 1050. The molecule has 0 bridgehead atoms. The molecule has 0 atom stereocenters. The fourth-order valence-electron chi connectivity index (χ4n) is 3.94. The van der Waals surface area contributed by atoms with Gasteiger partial charge in [-0.05, 0) is 24.1 Å². The summed E-state index contributed by atoms with van der Waals surface area (Å²) in [7, 11) is 0. The van der Waals surface area contributed by atoms with Crippen molar-refractivity contribution < 1.29 is 13.7 Å². The first-order chi connectivity index (χ1) is 15.5. The number of hydrogen-bond donors (Lipinski definition) is 0. The first-order valence-electron chi connectivity index (χ1n) is 10.9. The van der Waals surface area contributed by atoms with Gasteiger partial charge in [0.05, 0.1) is 12.1 Å². The average molecular weight is 454 g/mol. The Balaban J connectivity index is 1.73. The highest BCUT2D eigenvalue weighted by atomic mass is 32.2. The summed E-state index contributed by atoms with van der Waals surface area (Å²) in [6, 6.07) is 15.8. The predicted molar refractivity (Wildman–Crippen MR) is 127 cm³/mol. The van der Waals surface area contributed by atoms with Crippen molar-refractivity contribution in [2.45, 2.75) is 20.4 Å². The van der Waals surface area contributed by atoms with E-state index in [-0.39, 0.29) is 11.8 Å². The van der Waals surface area contributed by atoms with E-state index in [2.05, 4.69) is 23.9 Å². The van der Waals surface area contributed by atoms with E-state index in [1.807, 2.05) is 42.1 Å². The summed E-state index contributed by atoms with van der Waals surface area (Å²) in [5, 5.41) is 4.42. The van der Waals surface area contributed by atoms with Crippen LogP contribution in [0.4, 0.5) is 10.3 Å². The smallest absolute Gasteiger partial charge is 0.254 e. The third-order valence-corrected chi connectivity index (χ3v) is 6.35. The van der Waals surface area contributed by atoms with Gasteiger partial charge in [-0.15, -0.1) is 0 Å². The first kappa shape index (κ1) is 22.4. The second-order valence-corrected chi connectivity index (χ2v) is 9.59. The number of carbonyl (C=O) groups is 1. The van der Waals surface area contributed by atoms with Crippen LogP contribution in [0.25, 0.3) is 11.3 Å². The summed E-state index contributed by atoms with van der Waals surface area (Å²) >= 11 is 1.92. The maximum absolute atomic E-state index is 13.8. The van der Waals surface area contributed by atoms with E-state index in [1.165, 1.54) is 12.1 Å². The molecule has 0 radical (unpaired) electrons. The largest absolute Gasteiger partial charge is 0.339 e. The Morgan fingerprint density at radius 2 is 1.91 bits per heavy atom. The molecule has 1 saturated heterocycles. The number of anilines is 1. The van der Waals surface area contributed by atoms with Gasteiger partial charge >= 0.3 is 0 Å². The third kappa shape index (κ3) is 5.15. The average Bonchev–Trinajstić information content (AvgIpc) is 3.22. The van der Waals surface area contributed by atoms with Gasteiger partial charge < -0.3 is 14.3 Å². The highest BCUT2D eigenvalue weighted by molar-refractivity contribution is 7.99. The van der Waals surface area contributed by atoms with Gasteiger partial charge in [0.2, 0.25) is 5.88 Å². The fourth-order valence-corrected chi connectivity index (χ4v) is 4.84. The van der Waals surface area contributed by atoms with Crippen molar-refractivity contribution in [1.29, 1.82) is 0 Å². The fraction of sp³-hybridized carbons (Fsp3) is 0.360. The molecule has 7 heteroatoms. The first-order valence-corrected chi connectivity index (χ1v) is 12.1. The molecule has 5 nitrogen and oxygen atoms in total. The Morgan fingerprint density at radius 1 is 1.16 bits per heavy atom. The molecule has 3 aromatic rings. The highest BCUT2D eigenvalue weighted by Gasteiger charge is 2.28. The molecule has 1 amide bonds. The molecule has 1 aliphatic heterocycles.